The molecule has 2 atom stereocenters. The van der Waals surface area contributed by atoms with Crippen molar-refractivity contribution in [3.05, 3.63) is 34.3 Å². The highest BCUT2D eigenvalue weighted by molar-refractivity contribution is 7.08. The molecule has 2 aromatic rings. The maximum absolute atomic E-state index is 12.7. The first-order valence-electron chi connectivity index (χ1n) is 8.71. The standard InChI is InChI=1S/C18H23N5OS/c1-13(10-19)23-11-16(21-22-23)18(2,15-6-4-3-5-7-15)20-17(24)14-8-9-25-12-14/h8-9,11-13,15H,3-7H2,1-2H3,(H,20,24)/t13-,18+/m1/s1. The molecule has 0 radical (unpaired) electrons. The van der Waals surface area contributed by atoms with Gasteiger partial charge in [0.25, 0.3) is 5.91 Å². The molecule has 1 amide bonds. The molecule has 2 heterocycles. The predicted molar refractivity (Wildman–Crippen MR) is 96.1 cm³/mol. The van der Waals surface area contributed by atoms with Crippen LogP contribution in [-0.4, -0.2) is 20.9 Å². The molecule has 0 unspecified atom stereocenters. The van der Waals surface area contributed by atoms with E-state index in [0.717, 1.165) is 31.4 Å². The fourth-order valence-electron chi connectivity index (χ4n) is 3.52. The van der Waals surface area contributed by atoms with Gasteiger partial charge in [-0.2, -0.15) is 16.6 Å². The van der Waals surface area contributed by atoms with Gasteiger partial charge in [0.1, 0.15) is 11.7 Å². The normalized spacial score (nSPS) is 18.9. The molecule has 0 saturated heterocycles. The monoisotopic (exact) mass is 357 g/mol. The summed E-state index contributed by atoms with van der Waals surface area (Å²) in [6.45, 7) is 3.82. The summed E-state index contributed by atoms with van der Waals surface area (Å²) in [6, 6.07) is 3.61. The van der Waals surface area contributed by atoms with Gasteiger partial charge in [0, 0.05) is 5.38 Å². The van der Waals surface area contributed by atoms with Crippen LogP contribution in [0.15, 0.2) is 23.0 Å². The van der Waals surface area contributed by atoms with Gasteiger partial charge in [0.2, 0.25) is 0 Å². The highest BCUT2D eigenvalue weighted by Crippen LogP contribution is 2.38. The molecule has 6 nitrogen and oxygen atoms in total. The van der Waals surface area contributed by atoms with E-state index >= 15 is 0 Å². The first-order chi connectivity index (χ1) is 12.0. The number of hydrogen-bond acceptors (Lipinski definition) is 5. The Labute approximate surface area is 151 Å². The molecule has 25 heavy (non-hydrogen) atoms. The summed E-state index contributed by atoms with van der Waals surface area (Å²) in [5.74, 6) is 0.226. The summed E-state index contributed by atoms with van der Waals surface area (Å²) in [5.41, 5.74) is 0.808. The molecule has 132 valence electrons. The summed E-state index contributed by atoms with van der Waals surface area (Å²) in [6.07, 6.45) is 7.48. The zero-order valence-corrected chi connectivity index (χ0v) is 15.4. The van der Waals surface area contributed by atoms with Crippen molar-refractivity contribution >= 4 is 17.2 Å². The van der Waals surface area contributed by atoms with Crippen LogP contribution in [0, 0.1) is 17.2 Å². The Kier molecular flexibility index (Phi) is 5.19. The van der Waals surface area contributed by atoms with Crippen LogP contribution in [0.2, 0.25) is 0 Å². The van der Waals surface area contributed by atoms with Crippen molar-refractivity contribution in [2.24, 2.45) is 5.92 Å². The number of aromatic nitrogens is 3. The van der Waals surface area contributed by atoms with Crippen molar-refractivity contribution in [2.75, 3.05) is 0 Å². The first kappa shape index (κ1) is 17.6. The summed E-state index contributed by atoms with van der Waals surface area (Å²) >= 11 is 1.51. The van der Waals surface area contributed by atoms with Gasteiger partial charge >= 0.3 is 0 Å². The Morgan fingerprint density at radius 2 is 2.24 bits per heavy atom. The van der Waals surface area contributed by atoms with Gasteiger partial charge in [-0.05, 0) is 44.1 Å². The summed E-state index contributed by atoms with van der Waals surface area (Å²) in [5, 5.41) is 24.5. The Morgan fingerprint density at radius 1 is 1.48 bits per heavy atom. The average molecular weight is 357 g/mol. The Hall–Kier alpha value is -2.20. The third-order valence-corrected chi connectivity index (χ3v) is 5.89. The molecule has 1 N–H and O–H groups in total. The van der Waals surface area contributed by atoms with E-state index in [9.17, 15) is 4.79 Å². The van der Waals surface area contributed by atoms with Gasteiger partial charge in [-0.3, -0.25) is 4.79 Å². The molecule has 0 aromatic carbocycles. The molecule has 0 spiro atoms. The van der Waals surface area contributed by atoms with Gasteiger partial charge in [-0.25, -0.2) is 4.68 Å². The van der Waals surface area contributed by atoms with E-state index < -0.39 is 5.54 Å². The summed E-state index contributed by atoms with van der Waals surface area (Å²) in [7, 11) is 0. The smallest absolute Gasteiger partial charge is 0.252 e. The van der Waals surface area contributed by atoms with Gasteiger partial charge in [-0.15, -0.1) is 5.10 Å². The van der Waals surface area contributed by atoms with Crippen LogP contribution < -0.4 is 5.32 Å². The Morgan fingerprint density at radius 3 is 2.88 bits per heavy atom. The number of thiophene rings is 1. The van der Waals surface area contributed by atoms with E-state index in [1.54, 1.807) is 17.8 Å². The van der Waals surface area contributed by atoms with Crippen LogP contribution >= 0.6 is 11.3 Å². The van der Waals surface area contributed by atoms with Crippen molar-refractivity contribution in [1.29, 1.82) is 5.26 Å². The third-order valence-electron chi connectivity index (χ3n) is 5.20. The molecule has 2 aromatic heterocycles. The molecule has 7 heteroatoms. The van der Waals surface area contributed by atoms with E-state index in [2.05, 4.69) is 21.7 Å². The van der Waals surface area contributed by atoms with Crippen LogP contribution in [0.4, 0.5) is 0 Å². The van der Waals surface area contributed by atoms with Crippen molar-refractivity contribution in [3.63, 3.8) is 0 Å². The number of rotatable bonds is 5. The van der Waals surface area contributed by atoms with E-state index in [0.29, 0.717) is 11.5 Å². The molecule has 1 saturated carbocycles. The highest BCUT2D eigenvalue weighted by atomic mass is 32.1. The second-order valence-electron chi connectivity index (χ2n) is 6.89. The number of nitrogens with zero attached hydrogens (tertiary/aromatic N) is 4. The summed E-state index contributed by atoms with van der Waals surface area (Å²) in [4.78, 5) is 12.7. The van der Waals surface area contributed by atoms with E-state index in [1.165, 1.54) is 17.8 Å². The van der Waals surface area contributed by atoms with Gasteiger partial charge in [0.05, 0.1) is 23.4 Å². The quantitative estimate of drug-likeness (QED) is 0.885. The van der Waals surface area contributed by atoms with Crippen molar-refractivity contribution in [2.45, 2.75) is 57.5 Å². The SMILES string of the molecule is C[C@H](C#N)n1cc([C@@](C)(NC(=O)c2ccsc2)C2CCCCC2)nn1. The first-order valence-corrected chi connectivity index (χ1v) is 9.65. The van der Waals surface area contributed by atoms with Gasteiger partial charge in [-0.1, -0.05) is 24.5 Å². The second-order valence-corrected chi connectivity index (χ2v) is 7.67. The fourth-order valence-corrected chi connectivity index (χ4v) is 4.16. The molecule has 1 aliphatic rings. The zero-order chi connectivity index (χ0) is 17.9. The predicted octanol–water partition coefficient (Wildman–Crippen LogP) is 3.65. The second kappa shape index (κ2) is 7.36. The van der Waals surface area contributed by atoms with Crippen LogP contribution in [0.1, 0.15) is 68.0 Å². The minimum absolute atomic E-state index is 0.0859. The average Bonchev–Trinajstić information content (AvgIpc) is 3.33. The molecule has 0 aliphatic heterocycles. The Balaban J connectivity index is 1.92. The lowest BCUT2D eigenvalue weighted by Crippen LogP contribution is -2.49. The van der Waals surface area contributed by atoms with Crippen LogP contribution in [0.25, 0.3) is 0 Å². The number of hydrogen-bond donors (Lipinski definition) is 1. The Bertz CT molecular complexity index is 757. The largest absolute Gasteiger partial charge is 0.341 e. The topological polar surface area (TPSA) is 83.6 Å². The number of nitriles is 1. The van der Waals surface area contributed by atoms with Crippen molar-refractivity contribution in [3.8, 4) is 6.07 Å². The van der Waals surface area contributed by atoms with Crippen LogP contribution in [-0.2, 0) is 5.54 Å². The number of carbonyl (C=O) groups is 1. The molecular weight excluding hydrogens is 334 g/mol. The summed E-state index contributed by atoms with van der Waals surface area (Å²) < 4.78 is 1.56. The molecule has 0 bridgehead atoms. The van der Waals surface area contributed by atoms with Gasteiger partial charge in [0.15, 0.2) is 0 Å². The maximum atomic E-state index is 12.7. The minimum Gasteiger partial charge on any atom is -0.341 e. The molecular formula is C18H23N5OS. The molecule has 3 rings (SSSR count). The molecule has 1 aliphatic carbocycles. The number of carbonyl (C=O) groups excluding carboxylic acids is 1. The third kappa shape index (κ3) is 3.59. The molecule has 1 fully saturated rings. The van der Waals surface area contributed by atoms with Gasteiger partial charge < -0.3 is 5.32 Å². The van der Waals surface area contributed by atoms with Crippen molar-refractivity contribution in [1.82, 2.24) is 20.3 Å². The van der Waals surface area contributed by atoms with Crippen LogP contribution in [0.3, 0.4) is 0 Å². The van der Waals surface area contributed by atoms with E-state index in [-0.39, 0.29) is 11.9 Å². The van der Waals surface area contributed by atoms with E-state index in [1.807, 2.05) is 23.8 Å². The van der Waals surface area contributed by atoms with Crippen molar-refractivity contribution < 1.29 is 4.79 Å². The minimum atomic E-state index is -0.590. The number of nitrogens with one attached hydrogen (secondary N) is 1. The lowest BCUT2D eigenvalue weighted by Gasteiger charge is -2.39. The highest BCUT2D eigenvalue weighted by Gasteiger charge is 2.40. The number of amides is 1. The lowest BCUT2D eigenvalue weighted by atomic mass is 9.74. The fraction of sp³-hybridized carbons (Fsp3) is 0.556. The maximum Gasteiger partial charge on any atom is 0.252 e. The van der Waals surface area contributed by atoms with E-state index in [4.69, 9.17) is 5.26 Å². The zero-order valence-electron chi connectivity index (χ0n) is 14.6. The van der Waals surface area contributed by atoms with Crippen LogP contribution in [0.5, 0.6) is 0 Å². The lowest BCUT2D eigenvalue weighted by molar-refractivity contribution is 0.0829.